The van der Waals surface area contributed by atoms with Crippen molar-refractivity contribution >= 4 is 6.16 Å². The summed E-state index contributed by atoms with van der Waals surface area (Å²) < 4.78 is 0. The first-order chi connectivity index (χ1) is 7.14. The molecule has 0 heterocycles. The number of hydrogen-bond acceptors (Lipinski definition) is 3. The van der Waals surface area contributed by atoms with Gasteiger partial charge in [0, 0.05) is 0 Å². The first-order valence-corrected chi connectivity index (χ1v) is 4.59. The molecule has 1 rings (SSSR count). The van der Waals surface area contributed by atoms with Gasteiger partial charge in [-0.05, 0) is 23.1 Å². The molecule has 0 aromatic heterocycles. The Labute approximate surface area is 93.6 Å². The van der Waals surface area contributed by atoms with E-state index in [4.69, 9.17) is 20.1 Å². The summed E-state index contributed by atoms with van der Waals surface area (Å²) in [7, 11) is 0. The standard InChI is InChI=1S/C10H14O2.CH2O3/c1-10(2,3)7-4-5-8(11)9(12)6-7;2-1(3)4/h4-6,11-12H,1-3H3;(H2,2,3,4). The lowest BCUT2D eigenvalue weighted by atomic mass is 9.87. The SMILES string of the molecule is CC(C)(C)c1ccc(O)c(O)c1.O=C(O)O. The van der Waals surface area contributed by atoms with E-state index in [1.807, 2.05) is 6.07 Å². The largest absolute Gasteiger partial charge is 0.504 e. The predicted molar refractivity (Wildman–Crippen MR) is 59.1 cm³/mol. The summed E-state index contributed by atoms with van der Waals surface area (Å²) >= 11 is 0. The molecule has 5 nitrogen and oxygen atoms in total. The fourth-order valence-corrected chi connectivity index (χ4v) is 0.990. The highest BCUT2D eigenvalue weighted by Gasteiger charge is 2.14. The second-order valence-electron chi connectivity index (χ2n) is 4.24. The van der Waals surface area contributed by atoms with Gasteiger partial charge in [0.15, 0.2) is 11.5 Å². The van der Waals surface area contributed by atoms with Gasteiger partial charge < -0.3 is 20.4 Å². The summed E-state index contributed by atoms with van der Waals surface area (Å²) in [6, 6.07) is 4.92. The molecule has 0 aliphatic heterocycles. The van der Waals surface area contributed by atoms with Crippen molar-refractivity contribution in [3.05, 3.63) is 23.8 Å². The van der Waals surface area contributed by atoms with Crippen molar-refractivity contribution in [2.45, 2.75) is 26.2 Å². The molecule has 0 aliphatic carbocycles. The van der Waals surface area contributed by atoms with E-state index in [9.17, 15) is 5.11 Å². The first-order valence-electron chi connectivity index (χ1n) is 4.59. The maximum Gasteiger partial charge on any atom is 0.503 e. The number of phenols is 2. The molecule has 90 valence electrons. The first kappa shape index (κ1) is 14.1. The van der Waals surface area contributed by atoms with Crippen LogP contribution in [0.3, 0.4) is 0 Å². The Balaban J connectivity index is 0.000000487. The minimum atomic E-state index is -1.83. The number of benzene rings is 1. The number of aromatic hydroxyl groups is 2. The molecule has 0 unspecified atom stereocenters. The van der Waals surface area contributed by atoms with E-state index in [1.165, 1.54) is 6.07 Å². The minimum Gasteiger partial charge on any atom is -0.504 e. The van der Waals surface area contributed by atoms with E-state index in [2.05, 4.69) is 20.8 Å². The Kier molecular flexibility index (Phi) is 4.62. The maximum atomic E-state index is 9.21. The summed E-state index contributed by atoms with van der Waals surface area (Å²) in [6.07, 6.45) is -1.83. The van der Waals surface area contributed by atoms with Crippen LogP contribution in [0.1, 0.15) is 26.3 Å². The maximum absolute atomic E-state index is 9.21. The lowest BCUT2D eigenvalue weighted by molar-refractivity contribution is 0.137. The van der Waals surface area contributed by atoms with E-state index >= 15 is 0 Å². The number of carbonyl (C=O) groups is 1. The van der Waals surface area contributed by atoms with E-state index < -0.39 is 6.16 Å². The van der Waals surface area contributed by atoms with Crippen LogP contribution in [0.5, 0.6) is 11.5 Å². The lowest BCUT2D eigenvalue weighted by Gasteiger charge is -2.19. The molecular formula is C11H16O5. The average Bonchev–Trinajstić information content (AvgIpc) is 2.06. The average molecular weight is 228 g/mol. The summed E-state index contributed by atoms with van der Waals surface area (Å²) in [6.45, 7) is 6.16. The molecule has 0 amide bonds. The minimum absolute atomic E-state index is 0.00514. The number of phenolic OH excluding ortho intramolecular Hbond substituents is 2. The Morgan fingerprint density at radius 2 is 1.50 bits per heavy atom. The van der Waals surface area contributed by atoms with Crippen LogP contribution < -0.4 is 0 Å². The normalized spacial score (nSPS) is 10.2. The van der Waals surface area contributed by atoms with E-state index in [0.717, 1.165) is 5.56 Å². The zero-order valence-corrected chi connectivity index (χ0v) is 9.43. The summed E-state index contributed by atoms with van der Waals surface area (Å²) in [5.74, 6) is -0.120. The van der Waals surface area contributed by atoms with Gasteiger partial charge in [-0.15, -0.1) is 0 Å². The van der Waals surface area contributed by atoms with Gasteiger partial charge >= 0.3 is 6.16 Å². The van der Waals surface area contributed by atoms with Crippen molar-refractivity contribution in [2.24, 2.45) is 0 Å². The van der Waals surface area contributed by atoms with Gasteiger partial charge in [-0.1, -0.05) is 26.8 Å². The van der Waals surface area contributed by atoms with Crippen molar-refractivity contribution in [1.82, 2.24) is 0 Å². The van der Waals surface area contributed by atoms with Crippen LogP contribution in [0, 0.1) is 0 Å². The zero-order valence-electron chi connectivity index (χ0n) is 9.43. The van der Waals surface area contributed by atoms with Gasteiger partial charge in [0.2, 0.25) is 0 Å². The van der Waals surface area contributed by atoms with Gasteiger partial charge in [0.05, 0.1) is 0 Å². The van der Waals surface area contributed by atoms with Gasteiger partial charge in [-0.25, -0.2) is 4.79 Å². The Hall–Kier alpha value is -1.91. The van der Waals surface area contributed by atoms with Crippen molar-refractivity contribution < 1.29 is 25.2 Å². The topological polar surface area (TPSA) is 98.0 Å². The van der Waals surface area contributed by atoms with Crippen LogP contribution in [0.2, 0.25) is 0 Å². The smallest absolute Gasteiger partial charge is 0.503 e. The number of rotatable bonds is 0. The Morgan fingerprint density at radius 1 is 1.06 bits per heavy atom. The van der Waals surface area contributed by atoms with Crippen molar-refractivity contribution in [1.29, 1.82) is 0 Å². The Morgan fingerprint density at radius 3 is 1.81 bits per heavy atom. The summed E-state index contributed by atoms with van der Waals surface area (Å²) in [5.41, 5.74) is 1.02. The van der Waals surface area contributed by atoms with Crippen LogP contribution in [0.15, 0.2) is 18.2 Å². The fourth-order valence-electron chi connectivity index (χ4n) is 0.990. The van der Waals surface area contributed by atoms with Crippen LogP contribution in [-0.4, -0.2) is 26.6 Å². The molecule has 0 bridgehead atoms. The summed E-state index contributed by atoms with van der Waals surface area (Å²) in [4.78, 5) is 8.56. The molecule has 0 atom stereocenters. The molecule has 1 aromatic carbocycles. The van der Waals surface area contributed by atoms with E-state index in [1.54, 1.807) is 6.07 Å². The quantitative estimate of drug-likeness (QED) is 0.512. The highest BCUT2D eigenvalue weighted by Crippen LogP contribution is 2.30. The van der Waals surface area contributed by atoms with E-state index in [-0.39, 0.29) is 16.9 Å². The second-order valence-corrected chi connectivity index (χ2v) is 4.24. The van der Waals surface area contributed by atoms with E-state index in [0.29, 0.717) is 0 Å². The van der Waals surface area contributed by atoms with Gasteiger partial charge in [-0.3, -0.25) is 0 Å². The number of carboxylic acid groups (broad SMARTS) is 2. The second kappa shape index (κ2) is 5.25. The van der Waals surface area contributed by atoms with Gasteiger partial charge in [0.25, 0.3) is 0 Å². The molecule has 0 saturated carbocycles. The highest BCUT2D eigenvalue weighted by atomic mass is 16.6. The Bertz CT molecular complexity index is 361. The number of hydrogen-bond donors (Lipinski definition) is 4. The van der Waals surface area contributed by atoms with Crippen LogP contribution >= 0.6 is 0 Å². The monoisotopic (exact) mass is 228 g/mol. The molecular weight excluding hydrogens is 212 g/mol. The van der Waals surface area contributed by atoms with Crippen LogP contribution in [-0.2, 0) is 5.41 Å². The third kappa shape index (κ3) is 5.09. The molecule has 0 radical (unpaired) electrons. The van der Waals surface area contributed by atoms with Crippen molar-refractivity contribution in [2.75, 3.05) is 0 Å². The van der Waals surface area contributed by atoms with Crippen molar-refractivity contribution in [3.8, 4) is 11.5 Å². The van der Waals surface area contributed by atoms with Gasteiger partial charge in [0.1, 0.15) is 0 Å². The highest BCUT2D eigenvalue weighted by molar-refractivity contribution is 5.53. The third-order valence-electron chi connectivity index (χ3n) is 1.84. The molecule has 5 heteroatoms. The molecule has 4 N–H and O–H groups in total. The summed E-state index contributed by atoms with van der Waals surface area (Å²) in [5, 5.41) is 32.2. The van der Waals surface area contributed by atoms with Gasteiger partial charge in [-0.2, -0.15) is 0 Å². The molecule has 0 saturated heterocycles. The molecule has 0 spiro atoms. The third-order valence-corrected chi connectivity index (χ3v) is 1.84. The molecule has 0 aliphatic rings. The van der Waals surface area contributed by atoms with Crippen LogP contribution in [0.25, 0.3) is 0 Å². The predicted octanol–water partition coefficient (Wildman–Crippen LogP) is 2.62. The fraction of sp³-hybridized carbons (Fsp3) is 0.364. The zero-order chi connectivity index (χ0) is 12.9. The molecule has 16 heavy (non-hydrogen) atoms. The molecule has 0 fully saturated rings. The lowest BCUT2D eigenvalue weighted by Crippen LogP contribution is -2.10. The molecule has 1 aromatic rings. The van der Waals surface area contributed by atoms with Crippen molar-refractivity contribution in [3.63, 3.8) is 0 Å². The van der Waals surface area contributed by atoms with Crippen LogP contribution in [0.4, 0.5) is 4.79 Å².